The van der Waals surface area contributed by atoms with Crippen LogP contribution < -0.4 is 25.8 Å². The highest BCUT2D eigenvalue weighted by molar-refractivity contribution is 6.36. The van der Waals surface area contributed by atoms with E-state index >= 15 is 4.39 Å². The topological polar surface area (TPSA) is 138 Å². The molecule has 1 atom stereocenters. The van der Waals surface area contributed by atoms with Crippen LogP contribution in [0.2, 0.25) is 5.02 Å². The summed E-state index contributed by atoms with van der Waals surface area (Å²) in [4.78, 5) is 21.1. The van der Waals surface area contributed by atoms with E-state index in [4.69, 9.17) is 37.3 Å². The number of nitrogen functional groups attached to an aromatic ring is 2. The number of rotatable bonds is 7. The van der Waals surface area contributed by atoms with Gasteiger partial charge in [0.15, 0.2) is 11.6 Å². The first-order chi connectivity index (χ1) is 22.0. The first-order valence-corrected chi connectivity index (χ1v) is 14.9. The number of nitrogens with zero attached hydrogens (tertiary/aromatic N) is 6. The van der Waals surface area contributed by atoms with Crippen molar-refractivity contribution in [3.05, 3.63) is 51.9 Å². The highest BCUT2D eigenvalue weighted by Crippen LogP contribution is 2.50. The Hall–Kier alpha value is -4.21. The Morgan fingerprint density at radius 2 is 1.87 bits per heavy atom. The van der Waals surface area contributed by atoms with Crippen LogP contribution in [0.5, 0.6) is 11.8 Å². The maximum Gasteiger partial charge on any atom is 0.418 e. The fourth-order valence-corrected chi connectivity index (χ4v) is 6.18. The molecule has 1 saturated heterocycles. The number of hydrogen-bond acceptors (Lipinski definition) is 11. The SMILES string of the molecule is Cc1cc(N)nc(-c2c(Cl)c3c4c(nc(OCCN5CCOCC5)nc4c2F)N([C@H](C)c2cccnc2N)CCO3)c1C(F)(F)F. The highest BCUT2D eigenvalue weighted by atomic mass is 35.5. The summed E-state index contributed by atoms with van der Waals surface area (Å²) >= 11 is 6.75. The molecule has 3 aromatic heterocycles. The first-order valence-electron chi connectivity index (χ1n) is 14.6. The number of ether oxygens (including phenoxy) is 3. The van der Waals surface area contributed by atoms with Crippen LogP contribution in [0, 0.1) is 12.7 Å². The number of morpholine rings is 1. The molecular formula is C30H31ClF4N8O3. The molecule has 5 heterocycles. The van der Waals surface area contributed by atoms with E-state index in [2.05, 4.69) is 24.8 Å². The van der Waals surface area contributed by atoms with Crippen LogP contribution in [-0.2, 0) is 10.9 Å². The van der Waals surface area contributed by atoms with Gasteiger partial charge in [-0.1, -0.05) is 17.7 Å². The Kier molecular flexibility index (Phi) is 8.65. The number of hydrogen-bond donors (Lipinski definition) is 2. The number of pyridine rings is 2. The zero-order valence-electron chi connectivity index (χ0n) is 25.0. The van der Waals surface area contributed by atoms with Crippen LogP contribution in [0.15, 0.2) is 24.4 Å². The Morgan fingerprint density at radius 3 is 2.59 bits per heavy atom. The standard InChI is InChI=1S/C30H31ClF4N8O3/c1-15-14-18(36)39-24(21(15)30(33,34)35)19-22(31)26-20-25(23(19)32)40-29(46-12-8-42-6-10-44-11-7-42)41-28(20)43(9-13-45-26)16(2)17-4-3-5-38-27(17)37/h3-5,14,16H,6-13H2,1-2H3,(H2,36,39)(H2,37,38)/t16-/m1/s1. The Labute approximate surface area is 266 Å². The van der Waals surface area contributed by atoms with Crippen LogP contribution in [0.25, 0.3) is 22.2 Å². The van der Waals surface area contributed by atoms with Crippen molar-refractivity contribution in [3.63, 3.8) is 0 Å². The molecule has 0 saturated carbocycles. The van der Waals surface area contributed by atoms with Crippen LogP contribution in [0.1, 0.15) is 29.7 Å². The minimum Gasteiger partial charge on any atom is -0.489 e. The Balaban J connectivity index is 1.56. The van der Waals surface area contributed by atoms with Crippen LogP contribution >= 0.6 is 11.6 Å². The molecule has 0 spiro atoms. The van der Waals surface area contributed by atoms with Gasteiger partial charge in [0.1, 0.15) is 36.2 Å². The molecule has 16 heteroatoms. The molecule has 244 valence electrons. The molecule has 0 aliphatic carbocycles. The van der Waals surface area contributed by atoms with Crippen molar-refractivity contribution in [1.82, 2.24) is 24.8 Å². The molecule has 2 aliphatic rings. The molecular weight excluding hydrogens is 632 g/mol. The molecule has 0 unspecified atom stereocenters. The lowest BCUT2D eigenvalue weighted by molar-refractivity contribution is -0.137. The summed E-state index contributed by atoms with van der Waals surface area (Å²) in [5.41, 5.74) is 9.53. The third-order valence-electron chi connectivity index (χ3n) is 8.08. The summed E-state index contributed by atoms with van der Waals surface area (Å²) in [6, 6.07) is 3.98. The van der Waals surface area contributed by atoms with Gasteiger partial charge in [0.25, 0.3) is 0 Å². The number of halogens is 5. The molecule has 2 aliphatic heterocycles. The van der Waals surface area contributed by atoms with Gasteiger partial charge in [-0.25, -0.2) is 14.4 Å². The van der Waals surface area contributed by atoms with E-state index in [0.29, 0.717) is 25.3 Å². The molecule has 46 heavy (non-hydrogen) atoms. The Morgan fingerprint density at radius 1 is 1.11 bits per heavy atom. The van der Waals surface area contributed by atoms with E-state index in [0.717, 1.165) is 19.2 Å². The van der Waals surface area contributed by atoms with Gasteiger partial charge < -0.3 is 30.6 Å². The van der Waals surface area contributed by atoms with Crippen LogP contribution in [0.3, 0.4) is 0 Å². The second-order valence-electron chi connectivity index (χ2n) is 11.0. The summed E-state index contributed by atoms with van der Waals surface area (Å²) in [5.74, 6) is -1.00. The summed E-state index contributed by atoms with van der Waals surface area (Å²) < 4.78 is 77.3. The van der Waals surface area contributed by atoms with Crippen molar-refractivity contribution in [2.45, 2.75) is 26.1 Å². The minimum absolute atomic E-state index is 0.0174. The molecule has 1 aromatic carbocycles. The van der Waals surface area contributed by atoms with Crippen molar-refractivity contribution < 1.29 is 31.8 Å². The van der Waals surface area contributed by atoms with Gasteiger partial charge in [-0.05, 0) is 31.5 Å². The molecule has 1 fully saturated rings. The highest BCUT2D eigenvalue weighted by Gasteiger charge is 2.40. The van der Waals surface area contributed by atoms with Gasteiger partial charge in [-0.2, -0.15) is 23.1 Å². The lowest BCUT2D eigenvalue weighted by Gasteiger charge is -2.30. The molecule has 0 radical (unpaired) electrons. The lowest BCUT2D eigenvalue weighted by atomic mass is 9.98. The second kappa shape index (κ2) is 12.5. The first kappa shape index (κ1) is 31.8. The minimum atomic E-state index is -4.90. The fourth-order valence-electron chi connectivity index (χ4n) is 5.86. The van der Waals surface area contributed by atoms with Crippen molar-refractivity contribution in [1.29, 1.82) is 0 Å². The average Bonchev–Trinajstić information content (AvgIpc) is 3.20. The normalized spacial score (nSPS) is 16.3. The van der Waals surface area contributed by atoms with Gasteiger partial charge in [-0.15, -0.1) is 0 Å². The summed E-state index contributed by atoms with van der Waals surface area (Å²) in [5, 5.41) is -0.359. The van der Waals surface area contributed by atoms with Gasteiger partial charge in [0.05, 0.1) is 53.0 Å². The third kappa shape index (κ3) is 5.89. The van der Waals surface area contributed by atoms with E-state index in [1.807, 2.05) is 11.8 Å². The molecule has 6 rings (SSSR count). The van der Waals surface area contributed by atoms with Crippen molar-refractivity contribution >= 4 is 40.0 Å². The van der Waals surface area contributed by atoms with E-state index in [-0.39, 0.29) is 65.4 Å². The maximum atomic E-state index is 16.8. The van der Waals surface area contributed by atoms with Gasteiger partial charge in [-0.3, -0.25) is 4.90 Å². The quantitative estimate of drug-likeness (QED) is 0.257. The fraction of sp³-hybridized carbons (Fsp3) is 0.400. The molecule has 0 bridgehead atoms. The smallest absolute Gasteiger partial charge is 0.418 e. The number of nitrogens with two attached hydrogens (primary N) is 2. The average molecular weight is 663 g/mol. The Bertz CT molecular complexity index is 1790. The number of alkyl halides is 3. The zero-order chi connectivity index (χ0) is 32.7. The van der Waals surface area contributed by atoms with Crippen LogP contribution in [-0.4, -0.2) is 77.4 Å². The number of aryl methyl sites for hydroxylation is 1. The predicted octanol–water partition coefficient (Wildman–Crippen LogP) is 5.04. The molecule has 4 aromatic rings. The number of aromatic nitrogens is 4. The van der Waals surface area contributed by atoms with Gasteiger partial charge >= 0.3 is 12.2 Å². The van der Waals surface area contributed by atoms with Crippen molar-refractivity contribution in [2.24, 2.45) is 0 Å². The summed E-state index contributed by atoms with van der Waals surface area (Å²) in [7, 11) is 0. The summed E-state index contributed by atoms with van der Waals surface area (Å²) in [6.45, 7) is 6.63. The lowest BCUT2D eigenvalue weighted by Crippen LogP contribution is -2.38. The van der Waals surface area contributed by atoms with E-state index < -0.39 is 39.9 Å². The third-order valence-corrected chi connectivity index (χ3v) is 8.44. The largest absolute Gasteiger partial charge is 0.489 e. The second-order valence-corrected chi connectivity index (χ2v) is 11.3. The summed E-state index contributed by atoms with van der Waals surface area (Å²) in [6.07, 6.45) is -3.34. The zero-order valence-corrected chi connectivity index (χ0v) is 25.8. The predicted molar refractivity (Wildman–Crippen MR) is 165 cm³/mol. The van der Waals surface area contributed by atoms with Crippen LogP contribution in [0.4, 0.5) is 35.0 Å². The molecule has 11 nitrogen and oxygen atoms in total. The number of anilines is 3. The molecule has 0 amide bonds. The molecule has 4 N–H and O–H groups in total. The number of benzene rings is 1. The maximum absolute atomic E-state index is 16.8. The van der Waals surface area contributed by atoms with E-state index in [1.54, 1.807) is 18.3 Å². The van der Waals surface area contributed by atoms with E-state index in [9.17, 15) is 13.2 Å². The van der Waals surface area contributed by atoms with Crippen molar-refractivity contribution in [2.75, 3.05) is 69.0 Å². The van der Waals surface area contributed by atoms with Crippen molar-refractivity contribution in [3.8, 4) is 23.0 Å². The van der Waals surface area contributed by atoms with Gasteiger partial charge in [0.2, 0.25) is 0 Å². The van der Waals surface area contributed by atoms with E-state index in [1.165, 1.54) is 6.92 Å². The van der Waals surface area contributed by atoms with Gasteiger partial charge in [0, 0.05) is 31.4 Å². The monoisotopic (exact) mass is 662 g/mol.